The molecule has 2 N–H and O–H groups in total. The number of hydrogen-bond acceptors (Lipinski definition) is 3. The molecule has 92 valence electrons. The number of phenols is 1. The van der Waals surface area contributed by atoms with Crippen molar-refractivity contribution in [3.63, 3.8) is 0 Å². The van der Waals surface area contributed by atoms with E-state index in [0.717, 1.165) is 0 Å². The van der Waals surface area contributed by atoms with Crippen molar-refractivity contribution in [1.29, 1.82) is 0 Å². The van der Waals surface area contributed by atoms with E-state index < -0.39 is 0 Å². The van der Waals surface area contributed by atoms with Crippen LogP contribution in [0.25, 0.3) is 0 Å². The van der Waals surface area contributed by atoms with E-state index >= 15 is 0 Å². The van der Waals surface area contributed by atoms with Crippen LogP contribution in [0.3, 0.4) is 0 Å². The first-order chi connectivity index (χ1) is 8.58. The molecule has 1 heterocycles. The average Bonchev–Trinajstić information content (AvgIpc) is 2.32. The molecule has 5 heteroatoms. The van der Waals surface area contributed by atoms with Crippen LogP contribution in [0.2, 0.25) is 5.02 Å². The number of aromatic nitrogens is 1. The number of nitrogens with zero attached hydrogens (tertiary/aromatic N) is 1. The molecule has 0 aliphatic heterocycles. The zero-order chi connectivity index (χ0) is 13.1. The molecule has 0 saturated heterocycles. The van der Waals surface area contributed by atoms with Crippen LogP contribution >= 0.6 is 11.6 Å². The molecule has 0 aliphatic carbocycles. The molecule has 1 aromatic heterocycles. The summed E-state index contributed by atoms with van der Waals surface area (Å²) in [7, 11) is 0. The minimum absolute atomic E-state index is 0.0849. The van der Waals surface area contributed by atoms with Gasteiger partial charge >= 0.3 is 0 Å². The van der Waals surface area contributed by atoms with E-state index in [-0.39, 0.29) is 11.7 Å². The number of aromatic hydroxyl groups is 1. The van der Waals surface area contributed by atoms with Gasteiger partial charge in [0, 0.05) is 22.3 Å². The Morgan fingerprint density at radius 2 is 2.17 bits per heavy atom. The van der Waals surface area contributed by atoms with E-state index in [2.05, 4.69) is 10.3 Å². The number of hydrogen-bond donors (Lipinski definition) is 2. The highest BCUT2D eigenvalue weighted by Crippen LogP contribution is 2.20. The van der Waals surface area contributed by atoms with Crippen molar-refractivity contribution in [2.45, 2.75) is 6.92 Å². The number of pyridine rings is 1. The summed E-state index contributed by atoms with van der Waals surface area (Å²) in [5.41, 5.74) is 0.925. The first-order valence-corrected chi connectivity index (χ1v) is 5.67. The fourth-order valence-corrected chi connectivity index (χ4v) is 1.69. The SMILES string of the molecule is Cc1c(O)cccc1C(=O)Nc1cc(Cl)ccn1. The third-order valence-corrected chi connectivity index (χ3v) is 2.75. The van der Waals surface area contributed by atoms with Gasteiger partial charge in [0.05, 0.1) is 0 Å². The van der Waals surface area contributed by atoms with E-state index in [1.165, 1.54) is 12.3 Å². The Bertz CT molecular complexity index is 599. The quantitative estimate of drug-likeness (QED) is 0.875. The van der Waals surface area contributed by atoms with Gasteiger partial charge in [-0.3, -0.25) is 4.79 Å². The zero-order valence-electron chi connectivity index (χ0n) is 9.64. The van der Waals surface area contributed by atoms with Gasteiger partial charge in [-0.15, -0.1) is 0 Å². The molecule has 0 spiro atoms. The maximum Gasteiger partial charge on any atom is 0.257 e. The van der Waals surface area contributed by atoms with E-state index in [4.69, 9.17) is 11.6 Å². The number of phenolic OH excluding ortho intramolecular Hbond substituents is 1. The van der Waals surface area contributed by atoms with Crippen molar-refractivity contribution >= 4 is 23.3 Å². The van der Waals surface area contributed by atoms with Gasteiger partial charge in [-0.2, -0.15) is 0 Å². The smallest absolute Gasteiger partial charge is 0.257 e. The second kappa shape index (κ2) is 5.06. The van der Waals surface area contributed by atoms with Crippen molar-refractivity contribution in [1.82, 2.24) is 4.98 Å². The predicted molar refractivity (Wildman–Crippen MR) is 70.0 cm³/mol. The molecule has 0 atom stereocenters. The number of halogens is 1. The molecular weight excluding hydrogens is 252 g/mol. The molecule has 0 bridgehead atoms. The number of carbonyl (C=O) groups excluding carboxylic acids is 1. The highest BCUT2D eigenvalue weighted by Gasteiger charge is 2.11. The van der Waals surface area contributed by atoms with Crippen molar-refractivity contribution < 1.29 is 9.90 Å². The Balaban J connectivity index is 2.25. The Labute approximate surface area is 109 Å². The van der Waals surface area contributed by atoms with Crippen LogP contribution in [0, 0.1) is 6.92 Å². The number of carbonyl (C=O) groups is 1. The molecule has 2 aromatic rings. The Kier molecular flexibility index (Phi) is 3.48. The zero-order valence-corrected chi connectivity index (χ0v) is 10.4. The van der Waals surface area contributed by atoms with Crippen LogP contribution in [-0.2, 0) is 0 Å². The largest absolute Gasteiger partial charge is 0.508 e. The van der Waals surface area contributed by atoms with Crippen LogP contribution in [0.4, 0.5) is 5.82 Å². The highest BCUT2D eigenvalue weighted by molar-refractivity contribution is 6.30. The van der Waals surface area contributed by atoms with Gasteiger partial charge in [-0.05, 0) is 31.2 Å². The number of anilines is 1. The molecule has 1 aromatic carbocycles. The Morgan fingerprint density at radius 1 is 1.39 bits per heavy atom. The summed E-state index contributed by atoms with van der Waals surface area (Å²) in [6, 6.07) is 7.95. The lowest BCUT2D eigenvalue weighted by Gasteiger charge is -2.08. The Morgan fingerprint density at radius 3 is 2.89 bits per heavy atom. The molecule has 4 nitrogen and oxygen atoms in total. The highest BCUT2D eigenvalue weighted by atomic mass is 35.5. The van der Waals surface area contributed by atoms with Gasteiger partial charge in [0.15, 0.2) is 0 Å². The van der Waals surface area contributed by atoms with Crippen LogP contribution in [-0.4, -0.2) is 16.0 Å². The summed E-state index contributed by atoms with van der Waals surface area (Å²) in [5.74, 6) is 0.120. The lowest BCUT2D eigenvalue weighted by Crippen LogP contribution is -2.14. The molecule has 0 aliphatic rings. The number of nitrogens with one attached hydrogen (secondary N) is 1. The van der Waals surface area contributed by atoms with Crippen molar-refractivity contribution in [2.75, 3.05) is 5.32 Å². The van der Waals surface area contributed by atoms with Crippen molar-refractivity contribution in [2.24, 2.45) is 0 Å². The lowest BCUT2D eigenvalue weighted by atomic mass is 10.1. The molecule has 0 fully saturated rings. The fourth-order valence-electron chi connectivity index (χ4n) is 1.53. The minimum Gasteiger partial charge on any atom is -0.508 e. The van der Waals surface area contributed by atoms with E-state index in [0.29, 0.717) is 22.0 Å². The second-order valence-electron chi connectivity index (χ2n) is 3.76. The molecule has 0 saturated carbocycles. The summed E-state index contributed by atoms with van der Waals surface area (Å²) < 4.78 is 0. The molecule has 2 rings (SSSR count). The summed E-state index contributed by atoms with van der Waals surface area (Å²) in [6.45, 7) is 1.68. The molecule has 0 unspecified atom stereocenters. The van der Waals surface area contributed by atoms with Gasteiger partial charge in [0.1, 0.15) is 11.6 Å². The maximum absolute atomic E-state index is 12.0. The number of rotatable bonds is 2. The fraction of sp³-hybridized carbons (Fsp3) is 0.0769. The third kappa shape index (κ3) is 2.60. The van der Waals surface area contributed by atoms with E-state index in [1.807, 2.05) is 0 Å². The second-order valence-corrected chi connectivity index (χ2v) is 4.20. The number of benzene rings is 1. The van der Waals surface area contributed by atoms with Gasteiger partial charge < -0.3 is 10.4 Å². The first-order valence-electron chi connectivity index (χ1n) is 5.29. The predicted octanol–water partition coefficient (Wildman–Crippen LogP) is 3.00. The van der Waals surface area contributed by atoms with Crippen molar-refractivity contribution in [3.8, 4) is 5.75 Å². The van der Waals surface area contributed by atoms with Gasteiger partial charge in [-0.1, -0.05) is 17.7 Å². The van der Waals surface area contributed by atoms with Crippen molar-refractivity contribution in [3.05, 3.63) is 52.7 Å². The molecule has 1 amide bonds. The summed E-state index contributed by atoms with van der Waals surface area (Å²) in [6.07, 6.45) is 1.51. The van der Waals surface area contributed by atoms with Crippen LogP contribution in [0.5, 0.6) is 5.75 Å². The first kappa shape index (κ1) is 12.4. The van der Waals surface area contributed by atoms with Gasteiger partial charge in [0.2, 0.25) is 0 Å². The van der Waals surface area contributed by atoms with Crippen LogP contribution < -0.4 is 5.32 Å². The van der Waals surface area contributed by atoms with Gasteiger partial charge in [0.25, 0.3) is 5.91 Å². The average molecular weight is 263 g/mol. The minimum atomic E-state index is -0.335. The topological polar surface area (TPSA) is 62.2 Å². The van der Waals surface area contributed by atoms with Crippen LogP contribution in [0.1, 0.15) is 15.9 Å². The van der Waals surface area contributed by atoms with E-state index in [9.17, 15) is 9.90 Å². The third-order valence-electron chi connectivity index (χ3n) is 2.51. The summed E-state index contributed by atoms with van der Waals surface area (Å²) in [4.78, 5) is 16.0. The maximum atomic E-state index is 12.0. The monoisotopic (exact) mass is 262 g/mol. The molecule has 18 heavy (non-hydrogen) atoms. The molecular formula is C13H11ClN2O2. The summed E-state index contributed by atoms with van der Waals surface area (Å²) in [5, 5.41) is 12.7. The summed E-state index contributed by atoms with van der Waals surface area (Å²) >= 11 is 5.80. The Hall–Kier alpha value is -2.07. The van der Waals surface area contributed by atoms with Gasteiger partial charge in [-0.25, -0.2) is 4.98 Å². The molecule has 0 radical (unpaired) electrons. The van der Waals surface area contributed by atoms with Crippen LogP contribution in [0.15, 0.2) is 36.5 Å². The normalized spacial score (nSPS) is 10.1. The van der Waals surface area contributed by atoms with E-state index in [1.54, 1.807) is 31.2 Å². The number of amides is 1. The standard InChI is InChI=1S/C13H11ClN2O2/c1-8-10(3-2-4-11(8)17)13(18)16-12-7-9(14)5-6-15-12/h2-7,17H,1H3,(H,15,16,18). The lowest BCUT2D eigenvalue weighted by molar-refractivity contribution is 0.102.